The van der Waals surface area contributed by atoms with Gasteiger partial charge in [0.2, 0.25) is 0 Å². The number of rotatable bonds is 14. The van der Waals surface area contributed by atoms with Crippen molar-refractivity contribution in [2.24, 2.45) is 0 Å². The van der Waals surface area contributed by atoms with Crippen LogP contribution in [0.1, 0.15) is 63.0 Å². The van der Waals surface area contributed by atoms with Gasteiger partial charge < -0.3 is 25.1 Å². The Morgan fingerprint density at radius 2 is 1.61 bits per heavy atom. The first kappa shape index (κ1) is 25.4. The molecule has 0 saturated carbocycles. The second kappa shape index (κ2) is 13.5. The van der Waals surface area contributed by atoms with Crippen molar-refractivity contribution in [3.8, 4) is 17.2 Å². The van der Waals surface area contributed by atoms with Crippen LogP contribution in [0, 0.1) is 0 Å². The third kappa shape index (κ3) is 8.56. The molecule has 0 aromatic heterocycles. The molecule has 3 rings (SSSR count). The summed E-state index contributed by atoms with van der Waals surface area (Å²) in [5.74, 6) is 0.266. The van der Waals surface area contributed by atoms with Crippen molar-refractivity contribution in [3.05, 3.63) is 53.6 Å². The van der Waals surface area contributed by atoms with E-state index in [0.29, 0.717) is 11.8 Å². The lowest BCUT2D eigenvalue weighted by molar-refractivity contribution is 0.242. The molecular weight excluding hydrogens is 412 g/mol. The van der Waals surface area contributed by atoms with E-state index < -0.39 is 0 Å². The molecule has 33 heavy (non-hydrogen) atoms. The van der Waals surface area contributed by atoms with E-state index in [1.165, 1.54) is 57.2 Å². The zero-order valence-electron chi connectivity index (χ0n) is 20.3. The van der Waals surface area contributed by atoms with Gasteiger partial charge in [-0.15, -0.1) is 0 Å². The molecule has 0 aliphatic carbocycles. The minimum Gasteiger partial charge on any atom is -0.508 e. The van der Waals surface area contributed by atoms with Gasteiger partial charge in [0.05, 0.1) is 0 Å². The summed E-state index contributed by atoms with van der Waals surface area (Å²) in [4.78, 5) is 5.20. The predicted molar refractivity (Wildman–Crippen MR) is 135 cm³/mol. The molecule has 2 aromatic rings. The number of nitrogens with zero attached hydrogens (tertiary/aromatic N) is 2. The Kier molecular flexibility index (Phi) is 10.4. The second-order valence-corrected chi connectivity index (χ2v) is 9.53. The van der Waals surface area contributed by atoms with Crippen LogP contribution in [0.15, 0.2) is 42.5 Å². The molecule has 1 heterocycles. The van der Waals surface area contributed by atoms with Gasteiger partial charge in [-0.1, -0.05) is 38.0 Å². The molecule has 1 unspecified atom stereocenters. The number of likely N-dealkylation sites (tertiary alicyclic amines) is 1. The van der Waals surface area contributed by atoms with E-state index in [1.54, 1.807) is 24.3 Å². The normalized spacial score (nSPS) is 16.6. The van der Waals surface area contributed by atoms with Gasteiger partial charge in [0.25, 0.3) is 0 Å². The molecule has 1 atom stereocenters. The maximum Gasteiger partial charge on any atom is 0.157 e. The van der Waals surface area contributed by atoms with E-state index in [2.05, 4.69) is 28.9 Å². The highest BCUT2D eigenvalue weighted by atomic mass is 16.3. The van der Waals surface area contributed by atoms with Gasteiger partial charge in [-0.05, 0) is 107 Å². The molecule has 5 heteroatoms. The topological polar surface area (TPSA) is 67.2 Å². The number of phenols is 3. The third-order valence-electron chi connectivity index (χ3n) is 6.87. The first-order valence-electron chi connectivity index (χ1n) is 12.8. The van der Waals surface area contributed by atoms with Crippen LogP contribution in [0.5, 0.6) is 17.2 Å². The van der Waals surface area contributed by atoms with Crippen LogP contribution >= 0.6 is 0 Å². The van der Waals surface area contributed by atoms with Gasteiger partial charge in [-0.3, -0.25) is 0 Å². The standard InChI is InChI=1S/C28H42N2O3/c1-2-16-29(20-15-24-11-14-27(32)28(33)22-24)17-5-3-4-6-18-30-19-7-8-25(30)21-23-9-12-26(31)13-10-23/h9-14,22,25,31-33H,2-8,15-21H2,1H3. The summed E-state index contributed by atoms with van der Waals surface area (Å²) in [6.45, 7) is 7.88. The van der Waals surface area contributed by atoms with Crippen molar-refractivity contribution in [1.82, 2.24) is 9.80 Å². The predicted octanol–water partition coefficient (Wildman–Crippen LogP) is 5.33. The second-order valence-electron chi connectivity index (χ2n) is 9.53. The summed E-state index contributed by atoms with van der Waals surface area (Å²) in [6.07, 6.45) is 10.8. The quantitative estimate of drug-likeness (QED) is 0.266. The van der Waals surface area contributed by atoms with Gasteiger partial charge in [-0.25, -0.2) is 0 Å². The summed E-state index contributed by atoms with van der Waals surface area (Å²) in [5.41, 5.74) is 2.39. The van der Waals surface area contributed by atoms with E-state index in [9.17, 15) is 15.3 Å². The highest BCUT2D eigenvalue weighted by molar-refractivity contribution is 5.40. The molecule has 0 bridgehead atoms. The van der Waals surface area contributed by atoms with Crippen LogP contribution in [0.3, 0.4) is 0 Å². The summed E-state index contributed by atoms with van der Waals surface area (Å²) >= 11 is 0. The molecule has 0 spiro atoms. The number of unbranched alkanes of at least 4 members (excludes halogenated alkanes) is 3. The Hall–Kier alpha value is -2.24. The monoisotopic (exact) mass is 454 g/mol. The molecule has 1 saturated heterocycles. The van der Waals surface area contributed by atoms with E-state index in [-0.39, 0.29) is 11.5 Å². The number of hydrogen-bond donors (Lipinski definition) is 3. The summed E-state index contributed by atoms with van der Waals surface area (Å²) < 4.78 is 0. The fraction of sp³-hybridized carbons (Fsp3) is 0.571. The molecule has 0 amide bonds. The number of benzene rings is 2. The summed E-state index contributed by atoms with van der Waals surface area (Å²) in [5, 5.41) is 28.7. The Morgan fingerprint density at radius 1 is 0.848 bits per heavy atom. The minimum absolute atomic E-state index is 0.0298. The maximum atomic E-state index is 9.70. The third-order valence-corrected chi connectivity index (χ3v) is 6.87. The molecule has 0 radical (unpaired) electrons. The van der Waals surface area contributed by atoms with Crippen LogP contribution in [0.25, 0.3) is 0 Å². The highest BCUT2D eigenvalue weighted by Gasteiger charge is 2.23. The van der Waals surface area contributed by atoms with E-state index in [4.69, 9.17) is 0 Å². The molecule has 1 fully saturated rings. The maximum absolute atomic E-state index is 9.70. The van der Waals surface area contributed by atoms with Gasteiger partial charge in [0, 0.05) is 12.6 Å². The molecule has 2 aromatic carbocycles. The highest BCUT2D eigenvalue weighted by Crippen LogP contribution is 2.25. The van der Waals surface area contributed by atoms with Gasteiger partial charge in [0.15, 0.2) is 11.5 Å². The van der Waals surface area contributed by atoms with E-state index >= 15 is 0 Å². The van der Waals surface area contributed by atoms with Crippen LogP contribution in [0.2, 0.25) is 0 Å². The zero-order chi connectivity index (χ0) is 23.5. The SMILES string of the molecule is CCCN(CCCCCCN1CCCC1Cc1ccc(O)cc1)CCc1ccc(O)c(O)c1. The Balaban J connectivity index is 1.31. The van der Waals surface area contributed by atoms with Crippen molar-refractivity contribution in [2.45, 2.75) is 70.8 Å². The first-order valence-corrected chi connectivity index (χ1v) is 12.8. The first-order chi connectivity index (χ1) is 16.0. The minimum atomic E-state index is -0.0511. The fourth-order valence-corrected chi connectivity index (χ4v) is 4.99. The molecule has 3 N–H and O–H groups in total. The van der Waals surface area contributed by atoms with E-state index in [1.807, 2.05) is 6.07 Å². The average molecular weight is 455 g/mol. The Bertz CT molecular complexity index is 824. The van der Waals surface area contributed by atoms with Crippen LogP contribution in [0.4, 0.5) is 0 Å². The molecular formula is C28H42N2O3. The fourth-order valence-electron chi connectivity index (χ4n) is 4.99. The van der Waals surface area contributed by atoms with Crippen LogP contribution in [-0.4, -0.2) is 63.9 Å². The van der Waals surface area contributed by atoms with Crippen LogP contribution in [-0.2, 0) is 12.8 Å². The lowest BCUT2D eigenvalue weighted by atomic mass is 10.0. The molecule has 1 aliphatic rings. The van der Waals surface area contributed by atoms with Crippen molar-refractivity contribution < 1.29 is 15.3 Å². The Labute approximate surface area is 199 Å². The Morgan fingerprint density at radius 3 is 2.36 bits per heavy atom. The van der Waals surface area contributed by atoms with Crippen molar-refractivity contribution in [1.29, 1.82) is 0 Å². The van der Waals surface area contributed by atoms with Gasteiger partial charge in [-0.2, -0.15) is 0 Å². The number of phenolic OH excluding ortho intramolecular Hbond substituents is 3. The number of hydrogen-bond acceptors (Lipinski definition) is 5. The molecule has 182 valence electrons. The average Bonchev–Trinajstić information content (AvgIpc) is 3.25. The lowest BCUT2D eigenvalue weighted by Crippen LogP contribution is -2.32. The van der Waals surface area contributed by atoms with Crippen LogP contribution < -0.4 is 0 Å². The largest absolute Gasteiger partial charge is 0.508 e. The zero-order valence-corrected chi connectivity index (χ0v) is 20.3. The van der Waals surface area contributed by atoms with Crippen molar-refractivity contribution >= 4 is 0 Å². The van der Waals surface area contributed by atoms with Crippen molar-refractivity contribution in [2.75, 3.05) is 32.7 Å². The molecule has 5 nitrogen and oxygen atoms in total. The lowest BCUT2D eigenvalue weighted by Gasteiger charge is -2.25. The van der Waals surface area contributed by atoms with Crippen molar-refractivity contribution in [3.63, 3.8) is 0 Å². The summed E-state index contributed by atoms with van der Waals surface area (Å²) in [6, 6.07) is 13.5. The van der Waals surface area contributed by atoms with E-state index in [0.717, 1.165) is 44.5 Å². The van der Waals surface area contributed by atoms with Gasteiger partial charge >= 0.3 is 0 Å². The smallest absolute Gasteiger partial charge is 0.157 e. The van der Waals surface area contributed by atoms with Gasteiger partial charge in [0.1, 0.15) is 5.75 Å². The molecule has 1 aliphatic heterocycles. The summed E-state index contributed by atoms with van der Waals surface area (Å²) in [7, 11) is 0. The number of aromatic hydroxyl groups is 3.